The van der Waals surface area contributed by atoms with E-state index in [1.54, 1.807) is 4.31 Å². The lowest BCUT2D eigenvalue weighted by Gasteiger charge is -2.33. The van der Waals surface area contributed by atoms with Gasteiger partial charge in [-0.3, -0.25) is 0 Å². The average molecular weight is 321 g/mol. The highest BCUT2D eigenvalue weighted by Gasteiger charge is 2.29. The molecule has 0 aromatic carbocycles. The Labute approximate surface area is 130 Å². The molecule has 1 saturated heterocycles. The second kappa shape index (κ2) is 8.43. The first-order chi connectivity index (χ1) is 9.70. The van der Waals surface area contributed by atoms with Crippen LogP contribution in [-0.4, -0.2) is 70.0 Å². The van der Waals surface area contributed by atoms with Crippen molar-refractivity contribution in [3.63, 3.8) is 0 Å². The van der Waals surface area contributed by atoms with Crippen LogP contribution in [0.1, 0.15) is 33.6 Å². The van der Waals surface area contributed by atoms with E-state index in [1.807, 2.05) is 25.9 Å². The van der Waals surface area contributed by atoms with E-state index in [0.717, 1.165) is 19.4 Å². The summed E-state index contributed by atoms with van der Waals surface area (Å²) in [5.41, 5.74) is 0. The molecule has 0 aromatic rings. The van der Waals surface area contributed by atoms with Crippen LogP contribution in [0.3, 0.4) is 0 Å². The normalized spacial score (nSPS) is 22.9. The zero-order valence-corrected chi connectivity index (χ0v) is 14.9. The smallest absolute Gasteiger partial charge is 0.279 e. The van der Waals surface area contributed by atoms with Crippen LogP contribution in [0.2, 0.25) is 0 Å². The molecule has 2 unspecified atom stereocenters. The fraction of sp³-hybridized carbons (Fsp3) is 1.00. The van der Waals surface area contributed by atoms with Crippen molar-refractivity contribution in [2.45, 2.75) is 45.7 Å². The summed E-state index contributed by atoms with van der Waals surface area (Å²) >= 11 is 0. The molecule has 0 amide bonds. The Hall–Kier alpha value is -0.210. The summed E-state index contributed by atoms with van der Waals surface area (Å²) in [6, 6.07) is 0.356. The molecule has 1 fully saturated rings. The Morgan fingerprint density at radius 1 is 1.29 bits per heavy atom. The van der Waals surface area contributed by atoms with Crippen molar-refractivity contribution in [2.75, 3.05) is 40.3 Å². The Kier molecular flexibility index (Phi) is 7.56. The van der Waals surface area contributed by atoms with Gasteiger partial charge in [0.05, 0.1) is 0 Å². The van der Waals surface area contributed by atoms with Crippen LogP contribution in [-0.2, 0) is 10.2 Å². The molecule has 1 aliphatic rings. The molecule has 126 valence electrons. The van der Waals surface area contributed by atoms with Gasteiger partial charge in [0, 0.05) is 31.7 Å². The van der Waals surface area contributed by atoms with Gasteiger partial charge in [-0.25, -0.2) is 0 Å². The van der Waals surface area contributed by atoms with Crippen LogP contribution in [0.25, 0.3) is 0 Å². The molecule has 1 heterocycles. The largest absolute Gasteiger partial charge is 0.314 e. The molecule has 0 aliphatic carbocycles. The molecule has 2 atom stereocenters. The lowest BCUT2D eigenvalue weighted by atomic mass is 9.99. The minimum Gasteiger partial charge on any atom is -0.314 e. The third-order valence-corrected chi connectivity index (χ3v) is 5.34. The van der Waals surface area contributed by atoms with Crippen molar-refractivity contribution in [1.29, 1.82) is 0 Å². The number of nitrogens with one attached hydrogen (secondary N) is 2. The Morgan fingerprint density at radius 3 is 2.52 bits per heavy atom. The van der Waals surface area contributed by atoms with Crippen molar-refractivity contribution < 1.29 is 8.42 Å². The van der Waals surface area contributed by atoms with Crippen LogP contribution in [0, 0.1) is 5.92 Å². The van der Waals surface area contributed by atoms with Crippen LogP contribution in [0.5, 0.6) is 0 Å². The average Bonchev–Trinajstić information content (AvgIpc) is 2.35. The summed E-state index contributed by atoms with van der Waals surface area (Å²) in [7, 11) is 0.517. The lowest BCUT2D eigenvalue weighted by Crippen LogP contribution is -2.51. The molecule has 0 radical (unpaired) electrons. The van der Waals surface area contributed by atoms with E-state index in [9.17, 15) is 8.42 Å². The van der Waals surface area contributed by atoms with Gasteiger partial charge in [-0.1, -0.05) is 13.8 Å². The molecule has 2 N–H and O–H groups in total. The summed E-state index contributed by atoms with van der Waals surface area (Å²) in [6.07, 6.45) is 2.03. The molecule has 21 heavy (non-hydrogen) atoms. The van der Waals surface area contributed by atoms with Gasteiger partial charge in [0.1, 0.15) is 0 Å². The molecule has 6 nitrogen and oxygen atoms in total. The van der Waals surface area contributed by atoms with Gasteiger partial charge in [0.15, 0.2) is 0 Å². The predicted octanol–water partition coefficient (Wildman–Crippen LogP) is 0.481. The number of hydrogen-bond acceptors (Lipinski definition) is 4. The van der Waals surface area contributed by atoms with E-state index < -0.39 is 10.2 Å². The van der Waals surface area contributed by atoms with Crippen LogP contribution in [0.15, 0.2) is 0 Å². The topological polar surface area (TPSA) is 64.7 Å². The zero-order valence-electron chi connectivity index (χ0n) is 14.1. The van der Waals surface area contributed by atoms with E-state index in [1.165, 1.54) is 0 Å². The second-order valence-electron chi connectivity index (χ2n) is 6.72. The van der Waals surface area contributed by atoms with E-state index in [4.69, 9.17) is 0 Å². The monoisotopic (exact) mass is 320 g/mol. The maximum Gasteiger partial charge on any atom is 0.279 e. The van der Waals surface area contributed by atoms with Crippen molar-refractivity contribution in [1.82, 2.24) is 19.2 Å². The highest BCUT2D eigenvalue weighted by molar-refractivity contribution is 7.87. The standard InChI is InChI=1S/C14H32N4O2S/c1-12(2)15-9-14-7-6-8-18(11-14)21(19,20)16-13(3)10-17(4)5/h12-16H,6-11H2,1-5H3. The molecular weight excluding hydrogens is 288 g/mol. The molecule has 0 saturated carbocycles. The molecule has 0 bridgehead atoms. The van der Waals surface area contributed by atoms with Crippen molar-refractivity contribution in [3.05, 3.63) is 0 Å². The van der Waals surface area contributed by atoms with E-state index in [-0.39, 0.29) is 6.04 Å². The van der Waals surface area contributed by atoms with E-state index >= 15 is 0 Å². The number of piperidine rings is 1. The first-order valence-corrected chi connectivity index (χ1v) is 9.30. The Morgan fingerprint density at radius 2 is 1.95 bits per heavy atom. The minimum atomic E-state index is -3.37. The molecule has 1 rings (SSSR count). The minimum absolute atomic E-state index is 0.0841. The van der Waals surface area contributed by atoms with Crippen molar-refractivity contribution >= 4 is 10.2 Å². The maximum absolute atomic E-state index is 12.4. The summed E-state index contributed by atoms with van der Waals surface area (Å²) in [6.45, 7) is 8.96. The van der Waals surface area contributed by atoms with Gasteiger partial charge in [-0.15, -0.1) is 0 Å². The zero-order chi connectivity index (χ0) is 16.0. The molecular formula is C14H32N4O2S. The quantitative estimate of drug-likeness (QED) is 0.683. The van der Waals surface area contributed by atoms with Crippen LogP contribution >= 0.6 is 0 Å². The summed E-state index contributed by atoms with van der Waals surface area (Å²) < 4.78 is 29.3. The van der Waals surface area contributed by atoms with Crippen LogP contribution in [0.4, 0.5) is 0 Å². The molecule has 0 aromatic heterocycles. The first-order valence-electron chi connectivity index (χ1n) is 7.86. The first kappa shape index (κ1) is 18.8. The number of rotatable bonds is 8. The highest BCUT2D eigenvalue weighted by Crippen LogP contribution is 2.18. The number of hydrogen-bond donors (Lipinski definition) is 2. The van der Waals surface area contributed by atoms with Gasteiger partial charge < -0.3 is 10.2 Å². The molecule has 7 heteroatoms. The predicted molar refractivity (Wildman–Crippen MR) is 87.5 cm³/mol. The van der Waals surface area contributed by atoms with Crippen LogP contribution < -0.4 is 10.0 Å². The Bertz CT molecular complexity index is 398. The van der Waals surface area contributed by atoms with E-state index in [2.05, 4.69) is 23.9 Å². The third kappa shape index (κ3) is 7.06. The fourth-order valence-electron chi connectivity index (χ4n) is 2.73. The second-order valence-corrected chi connectivity index (χ2v) is 8.42. The third-order valence-electron chi connectivity index (χ3n) is 3.63. The van der Waals surface area contributed by atoms with Gasteiger partial charge in [0.25, 0.3) is 10.2 Å². The van der Waals surface area contributed by atoms with Gasteiger partial charge in [0.2, 0.25) is 0 Å². The lowest BCUT2D eigenvalue weighted by molar-refractivity contribution is 0.252. The molecule has 1 aliphatic heterocycles. The van der Waals surface area contributed by atoms with Crippen molar-refractivity contribution in [3.8, 4) is 0 Å². The number of nitrogens with zero attached hydrogens (tertiary/aromatic N) is 2. The highest BCUT2D eigenvalue weighted by atomic mass is 32.2. The maximum atomic E-state index is 12.4. The van der Waals surface area contributed by atoms with Crippen molar-refractivity contribution in [2.24, 2.45) is 5.92 Å². The molecule has 0 spiro atoms. The Balaban J connectivity index is 2.53. The van der Waals surface area contributed by atoms with Gasteiger partial charge >= 0.3 is 0 Å². The SMILES string of the molecule is CC(C)NCC1CCCN(S(=O)(=O)NC(C)CN(C)C)C1. The van der Waals surface area contributed by atoms with Gasteiger partial charge in [-0.05, 0) is 46.3 Å². The van der Waals surface area contributed by atoms with E-state index in [0.29, 0.717) is 31.6 Å². The summed E-state index contributed by atoms with van der Waals surface area (Å²) in [5.74, 6) is 0.405. The summed E-state index contributed by atoms with van der Waals surface area (Å²) in [4.78, 5) is 1.98. The van der Waals surface area contributed by atoms with Gasteiger partial charge in [-0.2, -0.15) is 17.4 Å². The summed E-state index contributed by atoms with van der Waals surface area (Å²) in [5, 5.41) is 3.41. The number of likely N-dealkylation sites (N-methyl/N-ethyl adjacent to an activating group) is 1. The fourth-order valence-corrected chi connectivity index (χ4v) is 4.24.